The normalized spacial score (nSPS) is 11.3. The van der Waals surface area contributed by atoms with Gasteiger partial charge in [0.25, 0.3) is 0 Å². The van der Waals surface area contributed by atoms with Crippen molar-refractivity contribution < 1.29 is 24.5 Å². The largest absolute Gasteiger partial charge is 0.501 e. The van der Waals surface area contributed by atoms with E-state index in [0.29, 0.717) is 5.92 Å². The second-order valence-electron chi connectivity index (χ2n) is 13.3. The maximum Gasteiger partial charge on any atom is 0.120 e. The fourth-order valence-electron chi connectivity index (χ4n) is 5.90. The number of hydrogen-bond acceptors (Lipinski definition) is 3. The minimum atomic E-state index is -1.34. The zero-order valence-electron chi connectivity index (χ0n) is 27.9. The molecule has 239 valence electrons. The molecule has 7 rings (SSSR count). The van der Waals surface area contributed by atoms with Crippen molar-refractivity contribution in [1.82, 2.24) is 9.97 Å². The second kappa shape index (κ2) is 14.7. The molecule has 3 nitrogen and oxygen atoms in total. The molecule has 47 heavy (non-hydrogen) atoms. The number of aromatic nitrogens is 2. The summed E-state index contributed by atoms with van der Waals surface area (Å²) in [6.45, 7) is 13.8. The Bertz CT molecular complexity index is 2100. The Labute approximate surface area is 293 Å². The average molecular weight is 809 g/mol. The van der Waals surface area contributed by atoms with Crippen molar-refractivity contribution in [3.8, 4) is 33.6 Å². The number of nitrogens with zero attached hydrogens (tertiary/aromatic N) is 2. The average Bonchev–Trinajstić information content (AvgIpc) is 3.43. The first-order chi connectivity index (χ1) is 22.2. The monoisotopic (exact) mass is 809 g/mol. The van der Waals surface area contributed by atoms with Crippen LogP contribution in [0.3, 0.4) is 0 Å². The van der Waals surface area contributed by atoms with Crippen LogP contribution in [0, 0.1) is 25.0 Å². The van der Waals surface area contributed by atoms with E-state index in [1.54, 1.807) is 0 Å². The molecule has 0 aliphatic heterocycles. The van der Waals surface area contributed by atoms with Gasteiger partial charge in [-0.3, -0.25) is 0 Å². The van der Waals surface area contributed by atoms with Gasteiger partial charge in [0.1, 0.15) is 5.58 Å². The third kappa shape index (κ3) is 7.88. The van der Waals surface area contributed by atoms with Crippen LogP contribution in [0.25, 0.3) is 55.6 Å². The van der Waals surface area contributed by atoms with Crippen molar-refractivity contribution in [3.63, 3.8) is 0 Å². The predicted molar refractivity (Wildman–Crippen MR) is 196 cm³/mol. The number of rotatable bonds is 6. The molecule has 0 amide bonds. The molecule has 3 aromatic heterocycles. The summed E-state index contributed by atoms with van der Waals surface area (Å²) in [6.07, 6.45) is 5.07. The van der Waals surface area contributed by atoms with Crippen molar-refractivity contribution >= 4 is 35.2 Å². The van der Waals surface area contributed by atoms with Crippen molar-refractivity contribution in [1.29, 1.82) is 0 Å². The number of aryl methyl sites for hydroxylation is 1. The summed E-state index contributed by atoms with van der Waals surface area (Å²) in [4.78, 5) is 9.19. The van der Waals surface area contributed by atoms with Gasteiger partial charge in [0.05, 0.1) is 13.7 Å². The van der Waals surface area contributed by atoms with Crippen LogP contribution < -0.4 is 5.19 Å². The van der Waals surface area contributed by atoms with Gasteiger partial charge >= 0.3 is 0 Å². The van der Waals surface area contributed by atoms with Gasteiger partial charge in [-0.1, -0.05) is 104 Å². The minimum absolute atomic E-state index is 0. The van der Waals surface area contributed by atoms with Gasteiger partial charge in [0.15, 0.2) is 0 Å². The number of pyridine rings is 2. The summed E-state index contributed by atoms with van der Waals surface area (Å²) in [5, 5.41) is 3.70. The summed E-state index contributed by atoms with van der Waals surface area (Å²) in [6, 6.07) is 41.7. The van der Waals surface area contributed by atoms with Crippen LogP contribution >= 0.6 is 0 Å². The van der Waals surface area contributed by atoms with Gasteiger partial charge in [-0.05, 0) is 65.2 Å². The van der Waals surface area contributed by atoms with Crippen molar-refractivity contribution in [2.75, 3.05) is 0 Å². The zero-order chi connectivity index (χ0) is 32.3. The van der Waals surface area contributed by atoms with Gasteiger partial charge in [-0.15, -0.1) is 54.1 Å². The molecule has 7 aromatic rings. The molecule has 1 radical (unpaired) electrons. The van der Waals surface area contributed by atoms with Gasteiger partial charge in [0.2, 0.25) is 0 Å². The Balaban J connectivity index is 0.000000188. The molecule has 0 bridgehead atoms. The molecule has 0 saturated carbocycles. The van der Waals surface area contributed by atoms with E-state index in [2.05, 4.69) is 129 Å². The van der Waals surface area contributed by atoms with E-state index in [-0.39, 0.29) is 20.1 Å². The third-order valence-corrected chi connectivity index (χ3v) is 10.2. The molecule has 3 heterocycles. The molecule has 0 unspecified atom stereocenters. The van der Waals surface area contributed by atoms with E-state index in [4.69, 9.17) is 4.42 Å². The van der Waals surface area contributed by atoms with Crippen LogP contribution in [-0.2, 0) is 26.5 Å². The molecule has 4 aromatic carbocycles. The Hall–Kier alpha value is -4.15. The van der Waals surface area contributed by atoms with Crippen LogP contribution in [0.1, 0.15) is 25.0 Å². The molecule has 0 aliphatic rings. The standard InChI is InChI=1S/C24H16NO.C18H24NSi.Ir/c1-16-12-13-25-22(14-16)20-9-5-8-19-21-15-18(17-6-3-2-4-7-17)10-11-23(21)26-24(19)20;1-14(2)11-16-12-17(15-9-7-6-8-10-15)19-13-18(16)20(3,4)5;/h2-8,10-15H,1H3;6-9,12-14H,11H2,1-5H3;/q2*-1;. The van der Waals surface area contributed by atoms with E-state index < -0.39 is 8.07 Å². The molecular formula is C42H40IrN2OSi-2. The molecule has 0 fully saturated rings. The Kier molecular flexibility index (Phi) is 10.7. The molecule has 0 spiro atoms. The number of benzene rings is 4. The zero-order valence-corrected chi connectivity index (χ0v) is 31.3. The van der Waals surface area contributed by atoms with E-state index in [9.17, 15) is 0 Å². The van der Waals surface area contributed by atoms with Crippen molar-refractivity contribution in [3.05, 3.63) is 139 Å². The first kappa shape index (κ1) is 34.2. The van der Waals surface area contributed by atoms with Crippen LogP contribution in [-0.4, -0.2) is 18.0 Å². The minimum Gasteiger partial charge on any atom is -0.501 e. The van der Waals surface area contributed by atoms with Gasteiger partial charge in [0, 0.05) is 37.9 Å². The van der Waals surface area contributed by atoms with Crippen molar-refractivity contribution in [2.45, 2.75) is 46.8 Å². The maximum atomic E-state index is 6.20. The molecular weight excluding hydrogens is 769 g/mol. The fraction of sp³-hybridized carbons (Fsp3) is 0.190. The summed E-state index contributed by atoms with van der Waals surface area (Å²) < 4.78 is 6.20. The Morgan fingerprint density at radius 2 is 1.53 bits per heavy atom. The van der Waals surface area contributed by atoms with E-state index in [0.717, 1.165) is 50.9 Å². The number of hydrogen-bond donors (Lipinski definition) is 0. The Morgan fingerprint density at radius 1 is 0.745 bits per heavy atom. The first-order valence-electron chi connectivity index (χ1n) is 16.0. The van der Waals surface area contributed by atoms with Crippen LogP contribution in [0.2, 0.25) is 19.6 Å². The quantitative estimate of drug-likeness (QED) is 0.124. The van der Waals surface area contributed by atoms with Crippen LogP contribution in [0.5, 0.6) is 0 Å². The second-order valence-corrected chi connectivity index (χ2v) is 18.4. The molecule has 0 N–H and O–H groups in total. The van der Waals surface area contributed by atoms with Crippen LogP contribution in [0.4, 0.5) is 0 Å². The SMILES string of the molecule is CC(C)Cc1cc(-c2[c-]cccc2)ncc1[Si](C)(C)C.Cc1ccnc(-c2[c-]ccc3c2oc2ccc(-c4ccccc4)cc23)c1.[Ir]. The fourth-order valence-corrected chi connectivity index (χ4v) is 7.49. The first-order valence-corrected chi connectivity index (χ1v) is 19.5. The predicted octanol–water partition coefficient (Wildman–Crippen LogP) is 10.7. The summed E-state index contributed by atoms with van der Waals surface area (Å²) in [5.41, 5.74) is 10.7. The van der Waals surface area contributed by atoms with E-state index in [1.807, 2.05) is 48.7 Å². The van der Waals surface area contributed by atoms with Gasteiger partial charge < -0.3 is 14.4 Å². The van der Waals surface area contributed by atoms with Crippen LogP contribution in [0.15, 0.2) is 120 Å². The van der Waals surface area contributed by atoms with Gasteiger partial charge in [-0.2, -0.15) is 0 Å². The van der Waals surface area contributed by atoms with E-state index in [1.165, 1.54) is 27.4 Å². The summed E-state index contributed by atoms with van der Waals surface area (Å²) in [7, 11) is -1.34. The molecule has 5 heteroatoms. The Morgan fingerprint density at radius 3 is 2.23 bits per heavy atom. The summed E-state index contributed by atoms with van der Waals surface area (Å²) in [5.74, 6) is 0.667. The topological polar surface area (TPSA) is 38.9 Å². The smallest absolute Gasteiger partial charge is 0.120 e. The van der Waals surface area contributed by atoms with Gasteiger partial charge in [-0.25, -0.2) is 0 Å². The maximum absolute atomic E-state index is 6.20. The molecule has 0 saturated heterocycles. The third-order valence-electron chi connectivity index (χ3n) is 8.12. The number of fused-ring (bicyclic) bond motifs is 3. The summed E-state index contributed by atoms with van der Waals surface area (Å²) >= 11 is 0. The van der Waals surface area contributed by atoms with E-state index >= 15 is 0 Å². The number of furan rings is 1. The molecule has 0 aliphatic carbocycles. The molecule has 0 atom stereocenters. The van der Waals surface area contributed by atoms with Crippen molar-refractivity contribution in [2.24, 2.45) is 5.92 Å².